The molecule has 0 saturated heterocycles. The van der Waals surface area contributed by atoms with Gasteiger partial charge in [0.1, 0.15) is 0 Å². The molecule has 0 bridgehead atoms. The second kappa shape index (κ2) is 2.90. The molecule has 0 aliphatic heterocycles. The van der Waals surface area contributed by atoms with E-state index in [1.807, 2.05) is 0 Å². The zero-order valence-electron chi connectivity index (χ0n) is 7.43. The number of aryl methyl sites for hydroxylation is 2. The first kappa shape index (κ1) is 7.80. The molecule has 0 spiro atoms. The summed E-state index contributed by atoms with van der Waals surface area (Å²) in [6, 6.07) is 0.224. The lowest BCUT2D eigenvalue weighted by Gasteiger charge is -2.18. The van der Waals surface area contributed by atoms with Crippen molar-refractivity contribution < 1.29 is 0 Å². The van der Waals surface area contributed by atoms with E-state index in [1.54, 1.807) is 0 Å². The molecular formula is C9H15N3. The van der Waals surface area contributed by atoms with Gasteiger partial charge in [0.2, 0.25) is 0 Å². The number of aromatic nitrogens is 2. The van der Waals surface area contributed by atoms with Gasteiger partial charge in [0.05, 0.1) is 5.69 Å². The highest BCUT2D eigenvalue weighted by Gasteiger charge is 2.21. The number of fused-ring (bicyclic) bond motifs is 1. The highest BCUT2D eigenvalue weighted by Crippen LogP contribution is 2.28. The summed E-state index contributed by atoms with van der Waals surface area (Å²) in [5, 5.41) is 7.34. The van der Waals surface area contributed by atoms with Crippen LogP contribution in [0.15, 0.2) is 0 Å². The minimum Gasteiger partial charge on any atom is -0.324 e. The summed E-state index contributed by atoms with van der Waals surface area (Å²) < 4.78 is 0. The quantitative estimate of drug-likeness (QED) is 0.659. The molecule has 3 heteroatoms. The Morgan fingerprint density at radius 2 is 2.50 bits per heavy atom. The van der Waals surface area contributed by atoms with E-state index in [4.69, 9.17) is 5.73 Å². The van der Waals surface area contributed by atoms with Gasteiger partial charge in [-0.3, -0.25) is 5.10 Å². The smallest absolute Gasteiger partial charge is 0.0670 e. The Labute approximate surface area is 72.4 Å². The lowest BCUT2D eigenvalue weighted by Crippen LogP contribution is -2.17. The molecule has 2 rings (SSSR count). The molecule has 0 radical (unpaired) electrons. The predicted molar refractivity (Wildman–Crippen MR) is 47.8 cm³/mol. The van der Waals surface area contributed by atoms with Crippen molar-refractivity contribution in [2.75, 3.05) is 0 Å². The standard InChI is InChI=1S/C9H15N3/c1-2-7-9-6(10)4-3-5-8(9)12-11-7/h6H,2-5,10H2,1H3,(H,11,12)/t6-/m1/s1. The van der Waals surface area contributed by atoms with Crippen molar-refractivity contribution in [1.29, 1.82) is 0 Å². The van der Waals surface area contributed by atoms with Gasteiger partial charge in [0, 0.05) is 17.3 Å². The SMILES string of the molecule is CCc1n[nH]c2c1[C@H](N)CCC2. The van der Waals surface area contributed by atoms with Crippen LogP contribution in [0.5, 0.6) is 0 Å². The number of rotatable bonds is 1. The fraction of sp³-hybridized carbons (Fsp3) is 0.667. The van der Waals surface area contributed by atoms with Crippen molar-refractivity contribution in [1.82, 2.24) is 10.2 Å². The van der Waals surface area contributed by atoms with E-state index in [9.17, 15) is 0 Å². The number of aromatic amines is 1. The first-order chi connectivity index (χ1) is 5.83. The van der Waals surface area contributed by atoms with Gasteiger partial charge in [-0.15, -0.1) is 0 Å². The lowest BCUT2D eigenvalue weighted by atomic mass is 9.91. The summed E-state index contributed by atoms with van der Waals surface area (Å²) in [6.07, 6.45) is 4.41. The van der Waals surface area contributed by atoms with Gasteiger partial charge in [-0.25, -0.2) is 0 Å². The number of nitrogens with zero attached hydrogens (tertiary/aromatic N) is 1. The summed E-state index contributed by atoms with van der Waals surface area (Å²) >= 11 is 0. The summed E-state index contributed by atoms with van der Waals surface area (Å²) in [7, 11) is 0. The molecule has 1 aliphatic rings. The Morgan fingerprint density at radius 1 is 1.67 bits per heavy atom. The average molecular weight is 165 g/mol. The number of hydrogen-bond acceptors (Lipinski definition) is 2. The monoisotopic (exact) mass is 165 g/mol. The molecule has 12 heavy (non-hydrogen) atoms. The normalized spacial score (nSPS) is 22.3. The molecule has 0 fully saturated rings. The molecule has 0 aromatic carbocycles. The second-order valence-corrected chi connectivity index (χ2v) is 3.41. The van der Waals surface area contributed by atoms with Gasteiger partial charge >= 0.3 is 0 Å². The summed E-state index contributed by atoms with van der Waals surface area (Å²) in [6.45, 7) is 2.12. The molecule has 1 aromatic rings. The Balaban J connectivity index is 2.43. The van der Waals surface area contributed by atoms with E-state index in [2.05, 4.69) is 17.1 Å². The van der Waals surface area contributed by atoms with E-state index in [0.29, 0.717) is 0 Å². The molecule has 0 unspecified atom stereocenters. The van der Waals surface area contributed by atoms with E-state index >= 15 is 0 Å². The number of H-pyrrole nitrogens is 1. The maximum atomic E-state index is 6.01. The highest BCUT2D eigenvalue weighted by atomic mass is 15.1. The fourth-order valence-electron chi connectivity index (χ4n) is 1.97. The van der Waals surface area contributed by atoms with E-state index in [0.717, 1.165) is 25.0 Å². The zero-order valence-corrected chi connectivity index (χ0v) is 7.43. The molecule has 1 aliphatic carbocycles. The van der Waals surface area contributed by atoms with Gasteiger partial charge in [0.15, 0.2) is 0 Å². The van der Waals surface area contributed by atoms with Crippen LogP contribution in [0.3, 0.4) is 0 Å². The van der Waals surface area contributed by atoms with Crippen molar-refractivity contribution >= 4 is 0 Å². The maximum Gasteiger partial charge on any atom is 0.0670 e. The molecule has 3 nitrogen and oxygen atoms in total. The Bertz CT molecular complexity index is 264. The maximum absolute atomic E-state index is 6.01. The van der Waals surface area contributed by atoms with Gasteiger partial charge in [0.25, 0.3) is 0 Å². The predicted octanol–water partition coefficient (Wildman–Crippen LogP) is 1.31. The van der Waals surface area contributed by atoms with Crippen molar-refractivity contribution in [3.63, 3.8) is 0 Å². The largest absolute Gasteiger partial charge is 0.324 e. The molecule has 3 N–H and O–H groups in total. The van der Waals surface area contributed by atoms with Crippen LogP contribution in [-0.2, 0) is 12.8 Å². The van der Waals surface area contributed by atoms with Gasteiger partial charge in [-0.2, -0.15) is 5.10 Å². The number of nitrogens with one attached hydrogen (secondary N) is 1. The summed E-state index contributed by atoms with van der Waals surface area (Å²) in [5.41, 5.74) is 9.74. The van der Waals surface area contributed by atoms with Crippen LogP contribution in [-0.4, -0.2) is 10.2 Å². The van der Waals surface area contributed by atoms with Crippen molar-refractivity contribution in [2.24, 2.45) is 5.73 Å². The Hall–Kier alpha value is -0.830. The first-order valence-corrected chi connectivity index (χ1v) is 4.64. The zero-order chi connectivity index (χ0) is 8.55. The topological polar surface area (TPSA) is 54.7 Å². The minimum atomic E-state index is 0.224. The average Bonchev–Trinajstić information content (AvgIpc) is 2.49. The fourth-order valence-corrected chi connectivity index (χ4v) is 1.97. The van der Waals surface area contributed by atoms with Crippen molar-refractivity contribution in [3.05, 3.63) is 17.0 Å². The lowest BCUT2D eigenvalue weighted by molar-refractivity contribution is 0.563. The summed E-state index contributed by atoms with van der Waals surface area (Å²) in [5.74, 6) is 0. The third-order valence-corrected chi connectivity index (χ3v) is 2.61. The second-order valence-electron chi connectivity index (χ2n) is 3.41. The molecule has 0 amide bonds. The van der Waals surface area contributed by atoms with Gasteiger partial charge in [-0.05, 0) is 25.7 Å². The van der Waals surface area contributed by atoms with Crippen LogP contribution < -0.4 is 5.73 Å². The van der Waals surface area contributed by atoms with Gasteiger partial charge in [-0.1, -0.05) is 6.92 Å². The Morgan fingerprint density at radius 3 is 3.25 bits per heavy atom. The van der Waals surface area contributed by atoms with E-state index in [1.165, 1.54) is 17.7 Å². The van der Waals surface area contributed by atoms with Crippen LogP contribution in [0, 0.1) is 0 Å². The van der Waals surface area contributed by atoms with Crippen LogP contribution >= 0.6 is 0 Å². The minimum absolute atomic E-state index is 0.224. The molecule has 66 valence electrons. The Kier molecular flexibility index (Phi) is 1.89. The molecule has 0 saturated carbocycles. The van der Waals surface area contributed by atoms with Gasteiger partial charge < -0.3 is 5.73 Å². The number of hydrogen-bond donors (Lipinski definition) is 2. The first-order valence-electron chi connectivity index (χ1n) is 4.64. The number of nitrogens with two attached hydrogens (primary N) is 1. The third kappa shape index (κ3) is 1.05. The summed E-state index contributed by atoms with van der Waals surface area (Å²) in [4.78, 5) is 0. The molecule has 1 aromatic heterocycles. The van der Waals surface area contributed by atoms with E-state index < -0.39 is 0 Å². The molecule has 1 atom stereocenters. The van der Waals surface area contributed by atoms with E-state index in [-0.39, 0.29) is 6.04 Å². The van der Waals surface area contributed by atoms with Crippen LogP contribution in [0.1, 0.15) is 42.8 Å². The highest BCUT2D eigenvalue weighted by molar-refractivity contribution is 5.30. The molecular weight excluding hydrogens is 150 g/mol. The van der Waals surface area contributed by atoms with Crippen LogP contribution in [0.2, 0.25) is 0 Å². The molecule has 1 heterocycles. The van der Waals surface area contributed by atoms with Crippen molar-refractivity contribution in [2.45, 2.75) is 38.6 Å². The van der Waals surface area contributed by atoms with Crippen molar-refractivity contribution in [3.8, 4) is 0 Å². The third-order valence-electron chi connectivity index (χ3n) is 2.61. The van der Waals surface area contributed by atoms with Crippen LogP contribution in [0.25, 0.3) is 0 Å². The van der Waals surface area contributed by atoms with Crippen LogP contribution in [0.4, 0.5) is 0 Å².